The molecule has 0 spiro atoms. The Morgan fingerprint density at radius 2 is 2.04 bits per heavy atom. The molecule has 24 heavy (non-hydrogen) atoms. The van der Waals surface area contributed by atoms with Crippen molar-refractivity contribution in [3.05, 3.63) is 29.6 Å². The second-order valence-electron chi connectivity index (χ2n) is 6.86. The quantitative estimate of drug-likeness (QED) is 0.774. The van der Waals surface area contributed by atoms with Gasteiger partial charge in [0, 0.05) is 6.04 Å². The Hall–Kier alpha value is -1.82. The molecule has 0 aliphatic heterocycles. The third-order valence-corrected chi connectivity index (χ3v) is 5.13. The van der Waals surface area contributed by atoms with Crippen LogP contribution in [0, 0.1) is 11.7 Å². The van der Waals surface area contributed by atoms with E-state index in [-0.39, 0.29) is 35.9 Å². The van der Waals surface area contributed by atoms with Crippen LogP contribution in [0.2, 0.25) is 0 Å². The molecule has 5 nitrogen and oxygen atoms in total. The largest absolute Gasteiger partial charge is 0.494 e. The minimum Gasteiger partial charge on any atom is -0.494 e. The van der Waals surface area contributed by atoms with Crippen molar-refractivity contribution in [1.82, 2.24) is 10.6 Å². The number of carbonyl (C=O) groups excluding carboxylic acids is 1. The highest BCUT2D eigenvalue weighted by Crippen LogP contribution is 2.39. The summed E-state index contributed by atoms with van der Waals surface area (Å²) in [6, 6.07) is 4.45. The first-order chi connectivity index (χ1) is 11.6. The molecule has 2 amide bonds. The van der Waals surface area contributed by atoms with E-state index in [1.54, 1.807) is 12.1 Å². The number of hydrogen-bond donors (Lipinski definition) is 3. The van der Waals surface area contributed by atoms with E-state index in [0.29, 0.717) is 18.4 Å². The molecule has 0 saturated heterocycles. The molecule has 0 radical (unpaired) electrons. The molecule has 2 aliphatic rings. The van der Waals surface area contributed by atoms with Crippen molar-refractivity contribution < 1.29 is 19.0 Å². The fraction of sp³-hybridized carbons (Fsp3) is 0.611. The number of aliphatic hydroxyl groups is 1. The van der Waals surface area contributed by atoms with Crippen molar-refractivity contribution in [2.75, 3.05) is 7.11 Å². The highest BCUT2D eigenvalue weighted by Gasteiger charge is 2.36. The summed E-state index contributed by atoms with van der Waals surface area (Å²) in [6.45, 7) is 0. The Morgan fingerprint density at radius 3 is 2.62 bits per heavy atom. The Kier molecular flexibility index (Phi) is 5.23. The van der Waals surface area contributed by atoms with Crippen LogP contribution in [0.25, 0.3) is 0 Å². The third-order valence-electron chi connectivity index (χ3n) is 5.13. The molecular weight excluding hydrogens is 311 g/mol. The SMILES string of the molecule is COc1ccc(C(NC(=O)NC2CCCC2)C2CC(O)C2)cc1F. The van der Waals surface area contributed by atoms with E-state index in [1.807, 2.05) is 0 Å². The zero-order chi connectivity index (χ0) is 17.1. The lowest BCUT2D eigenvalue weighted by Crippen LogP contribution is -2.47. The predicted octanol–water partition coefficient (Wildman–Crippen LogP) is 2.89. The summed E-state index contributed by atoms with van der Waals surface area (Å²) >= 11 is 0. The number of urea groups is 1. The summed E-state index contributed by atoms with van der Waals surface area (Å²) in [5, 5.41) is 15.6. The van der Waals surface area contributed by atoms with Gasteiger partial charge in [-0.25, -0.2) is 9.18 Å². The summed E-state index contributed by atoms with van der Waals surface area (Å²) < 4.78 is 19.0. The van der Waals surface area contributed by atoms with Crippen molar-refractivity contribution >= 4 is 6.03 Å². The van der Waals surface area contributed by atoms with Crippen LogP contribution in [0.5, 0.6) is 5.75 Å². The molecule has 1 atom stereocenters. The van der Waals surface area contributed by atoms with E-state index in [2.05, 4.69) is 10.6 Å². The van der Waals surface area contributed by atoms with Crippen molar-refractivity contribution in [2.45, 2.75) is 56.7 Å². The van der Waals surface area contributed by atoms with Crippen LogP contribution in [0.1, 0.15) is 50.1 Å². The smallest absolute Gasteiger partial charge is 0.315 e. The molecule has 1 unspecified atom stereocenters. The molecule has 2 saturated carbocycles. The Morgan fingerprint density at radius 1 is 1.33 bits per heavy atom. The van der Waals surface area contributed by atoms with E-state index < -0.39 is 5.82 Å². The molecule has 1 aromatic rings. The van der Waals surface area contributed by atoms with Crippen LogP contribution in [-0.4, -0.2) is 30.4 Å². The van der Waals surface area contributed by atoms with Crippen LogP contribution < -0.4 is 15.4 Å². The maximum atomic E-state index is 14.0. The molecule has 1 aromatic carbocycles. The molecule has 3 N–H and O–H groups in total. The van der Waals surface area contributed by atoms with Gasteiger partial charge in [-0.3, -0.25) is 0 Å². The molecular formula is C18H25FN2O3. The van der Waals surface area contributed by atoms with E-state index in [1.165, 1.54) is 13.2 Å². The minimum atomic E-state index is -0.446. The fourth-order valence-corrected chi connectivity index (χ4v) is 3.69. The highest BCUT2D eigenvalue weighted by atomic mass is 19.1. The number of hydrogen-bond acceptors (Lipinski definition) is 3. The number of methoxy groups -OCH3 is 1. The second kappa shape index (κ2) is 7.38. The Bertz CT molecular complexity index is 584. The van der Waals surface area contributed by atoms with Crippen molar-refractivity contribution in [1.29, 1.82) is 0 Å². The summed E-state index contributed by atoms with van der Waals surface area (Å²) in [7, 11) is 1.42. The topological polar surface area (TPSA) is 70.6 Å². The first-order valence-corrected chi connectivity index (χ1v) is 8.65. The molecule has 2 fully saturated rings. The van der Waals surface area contributed by atoms with Gasteiger partial charge >= 0.3 is 6.03 Å². The first-order valence-electron chi connectivity index (χ1n) is 8.65. The second-order valence-corrected chi connectivity index (χ2v) is 6.86. The van der Waals surface area contributed by atoms with Gasteiger partial charge in [0.1, 0.15) is 0 Å². The molecule has 0 heterocycles. The first kappa shape index (κ1) is 17.0. The summed E-state index contributed by atoms with van der Waals surface area (Å²) in [5.41, 5.74) is 0.701. The van der Waals surface area contributed by atoms with Crippen molar-refractivity contribution in [3.63, 3.8) is 0 Å². The van der Waals surface area contributed by atoms with Gasteiger partial charge in [0.2, 0.25) is 0 Å². The number of benzene rings is 1. The van der Waals surface area contributed by atoms with Gasteiger partial charge in [-0.2, -0.15) is 0 Å². The highest BCUT2D eigenvalue weighted by molar-refractivity contribution is 5.75. The van der Waals surface area contributed by atoms with Gasteiger partial charge in [-0.05, 0) is 49.3 Å². The zero-order valence-corrected chi connectivity index (χ0v) is 13.9. The van der Waals surface area contributed by atoms with Crippen molar-refractivity contribution in [3.8, 4) is 5.75 Å². The van der Waals surface area contributed by atoms with Gasteiger partial charge in [-0.15, -0.1) is 0 Å². The van der Waals surface area contributed by atoms with E-state index in [9.17, 15) is 14.3 Å². The number of halogens is 1. The van der Waals surface area contributed by atoms with Gasteiger partial charge in [0.05, 0.1) is 19.3 Å². The average molecular weight is 336 g/mol. The van der Waals surface area contributed by atoms with Crippen LogP contribution in [0.15, 0.2) is 18.2 Å². The van der Waals surface area contributed by atoms with Gasteiger partial charge in [-0.1, -0.05) is 18.9 Å². The maximum absolute atomic E-state index is 14.0. The van der Waals surface area contributed by atoms with Crippen molar-refractivity contribution in [2.24, 2.45) is 5.92 Å². The number of rotatable bonds is 5. The lowest BCUT2D eigenvalue weighted by Gasteiger charge is -2.38. The summed E-state index contributed by atoms with van der Waals surface area (Å²) in [5.74, 6) is -0.151. The van der Waals surface area contributed by atoms with E-state index in [0.717, 1.165) is 25.7 Å². The Balaban J connectivity index is 1.71. The Labute approximate surface area is 141 Å². The van der Waals surface area contributed by atoms with Gasteiger partial charge < -0.3 is 20.5 Å². The molecule has 2 aliphatic carbocycles. The molecule has 3 rings (SSSR count). The third kappa shape index (κ3) is 3.80. The van der Waals surface area contributed by atoms with Crippen LogP contribution in [0.3, 0.4) is 0 Å². The molecule has 132 valence electrons. The number of carbonyl (C=O) groups is 1. The minimum absolute atomic E-state index is 0.113. The standard InChI is InChI=1S/C18H25FN2O3/c1-24-16-7-6-11(10-15(16)19)17(12-8-14(22)9-12)21-18(23)20-13-4-2-3-5-13/h6-7,10,12-14,17,22H,2-5,8-9H2,1H3,(H2,20,21,23). The lowest BCUT2D eigenvalue weighted by molar-refractivity contribution is 0.0258. The molecule has 0 aromatic heterocycles. The van der Waals surface area contributed by atoms with Crippen LogP contribution >= 0.6 is 0 Å². The van der Waals surface area contributed by atoms with Crippen LogP contribution in [-0.2, 0) is 0 Å². The summed E-state index contributed by atoms with van der Waals surface area (Å²) in [6.07, 6.45) is 5.21. The fourth-order valence-electron chi connectivity index (χ4n) is 3.69. The predicted molar refractivity (Wildman–Crippen MR) is 88.3 cm³/mol. The number of nitrogens with one attached hydrogen (secondary N) is 2. The van der Waals surface area contributed by atoms with Gasteiger partial charge in [0.15, 0.2) is 11.6 Å². The zero-order valence-electron chi connectivity index (χ0n) is 13.9. The average Bonchev–Trinajstić information content (AvgIpc) is 3.02. The number of amides is 2. The van der Waals surface area contributed by atoms with Gasteiger partial charge in [0.25, 0.3) is 0 Å². The number of aliphatic hydroxyl groups excluding tert-OH is 1. The van der Waals surface area contributed by atoms with E-state index in [4.69, 9.17) is 4.74 Å². The normalized spacial score (nSPS) is 25.0. The molecule has 0 bridgehead atoms. The van der Waals surface area contributed by atoms with E-state index >= 15 is 0 Å². The molecule has 6 heteroatoms. The lowest BCUT2D eigenvalue weighted by atomic mass is 9.75. The monoisotopic (exact) mass is 336 g/mol. The van der Waals surface area contributed by atoms with Crippen LogP contribution in [0.4, 0.5) is 9.18 Å². The maximum Gasteiger partial charge on any atom is 0.315 e. The summed E-state index contributed by atoms with van der Waals surface area (Å²) in [4.78, 5) is 12.3. The number of ether oxygens (including phenoxy) is 1.